The topological polar surface area (TPSA) is 116 Å². The van der Waals surface area contributed by atoms with E-state index in [1.165, 1.54) is 9.30 Å². The molecular formula is C23H27N5O5S3. The minimum absolute atomic E-state index is 0.0372. The van der Waals surface area contributed by atoms with E-state index in [-0.39, 0.29) is 34.5 Å². The second kappa shape index (κ2) is 9.86. The minimum Gasteiger partial charge on any atom is -0.395 e. The molecule has 0 aliphatic carbocycles. The average molecular weight is 550 g/mol. The number of thiocarbonyl (C=S) groups is 1. The first-order valence-corrected chi connectivity index (χ1v) is 14.8. The van der Waals surface area contributed by atoms with Crippen LogP contribution in [-0.4, -0.2) is 99.8 Å². The van der Waals surface area contributed by atoms with Gasteiger partial charge in [0.25, 0.3) is 11.5 Å². The van der Waals surface area contributed by atoms with Gasteiger partial charge in [-0.1, -0.05) is 30.0 Å². The zero-order valence-corrected chi connectivity index (χ0v) is 22.2. The number of carbonyl (C=O) groups excluding carboxylic acids is 1. The number of amides is 1. The Labute approximate surface area is 218 Å². The number of pyridine rings is 1. The molecule has 1 unspecified atom stereocenters. The van der Waals surface area contributed by atoms with Crippen LogP contribution in [0.1, 0.15) is 17.5 Å². The fraction of sp³-hybridized carbons (Fsp3) is 0.478. The summed E-state index contributed by atoms with van der Waals surface area (Å²) in [5, 5.41) is 9.26. The standard InChI is InChI=1S/C23H27N5O5S3/c1-15-2-3-19-24-20(26-7-5-25(6-8-26)9-10-29)17(21(30)27(19)13-15)12-18-22(31)28(23(34)35-18)16-4-11-36(32,33)14-16/h2-3,12-13,16,29H,4-11,14H2,1H3/b18-12+. The lowest BCUT2D eigenvalue weighted by Gasteiger charge is -2.35. The molecule has 10 nitrogen and oxygen atoms in total. The molecule has 1 N–H and O–H groups in total. The number of thioether (sulfide) groups is 1. The van der Waals surface area contributed by atoms with E-state index in [1.807, 2.05) is 17.9 Å². The molecule has 1 atom stereocenters. The van der Waals surface area contributed by atoms with Gasteiger partial charge in [-0.2, -0.15) is 0 Å². The summed E-state index contributed by atoms with van der Waals surface area (Å²) < 4.78 is 25.8. The lowest BCUT2D eigenvalue weighted by Crippen LogP contribution is -2.48. The number of aliphatic hydroxyl groups is 1. The minimum atomic E-state index is -3.19. The number of sulfone groups is 1. The van der Waals surface area contributed by atoms with Gasteiger partial charge < -0.3 is 10.0 Å². The highest BCUT2D eigenvalue weighted by atomic mass is 32.2. The van der Waals surface area contributed by atoms with Crippen molar-refractivity contribution in [3.63, 3.8) is 0 Å². The molecule has 192 valence electrons. The van der Waals surface area contributed by atoms with Crippen LogP contribution >= 0.6 is 24.0 Å². The number of carbonyl (C=O) groups is 1. The maximum Gasteiger partial charge on any atom is 0.267 e. The predicted octanol–water partition coefficient (Wildman–Crippen LogP) is 0.506. The number of anilines is 1. The smallest absolute Gasteiger partial charge is 0.267 e. The third-order valence-electron chi connectivity index (χ3n) is 6.75. The summed E-state index contributed by atoms with van der Waals surface area (Å²) in [5.41, 5.74) is 1.43. The van der Waals surface area contributed by atoms with Crippen molar-refractivity contribution in [2.45, 2.75) is 19.4 Å². The van der Waals surface area contributed by atoms with Crippen molar-refractivity contribution >= 4 is 61.6 Å². The summed E-state index contributed by atoms with van der Waals surface area (Å²) in [6, 6.07) is 3.21. The molecule has 3 aliphatic rings. The van der Waals surface area contributed by atoms with Crippen LogP contribution in [-0.2, 0) is 14.6 Å². The Morgan fingerprint density at radius 2 is 1.97 bits per heavy atom. The van der Waals surface area contributed by atoms with Crippen molar-refractivity contribution in [2.75, 3.05) is 55.7 Å². The molecule has 0 saturated carbocycles. The number of aromatic nitrogens is 2. The maximum atomic E-state index is 13.7. The number of aliphatic hydroxyl groups excluding tert-OH is 1. The summed E-state index contributed by atoms with van der Waals surface area (Å²) in [7, 11) is -3.19. The first-order valence-electron chi connectivity index (χ1n) is 11.8. The molecular weight excluding hydrogens is 522 g/mol. The highest BCUT2D eigenvalue weighted by Gasteiger charge is 2.42. The van der Waals surface area contributed by atoms with E-state index < -0.39 is 15.9 Å². The lowest BCUT2D eigenvalue weighted by molar-refractivity contribution is -0.123. The second-order valence-corrected chi connectivity index (χ2v) is 13.2. The van der Waals surface area contributed by atoms with Gasteiger partial charge in [-0.05, 0) is 31.1 Å². The van der Waals surface area contributed by atoms with Crippen LogP contribution < -0.4 is 10.5 Å². The second-order valence-electron chi connectivity index (χ2n) is 9.25. The van der Waals surface area contributed by atoms with Crippen LogP contribution in [0.4, 0.5) is 5.82 Å². The molecule has 3 fully saturated rings. The van der Waals surface area contributed by atoms with Gasteiger partial charge in [0.05, 0.1) is 34.6 Å². The molecule has 0 spiro atoms. The first kappa shape index (κ1) is 25.3. The zero-order valence-electron chi connectivity index (χ0n) is 19.8. The number of nitrogens with zero attached hydrogens (tertiary/aromatic N) is 5. The van der Waals surface area contributed by atoms with Crippen LogP contribution in [0.25, 0.3) is 11.7 Å². The Hall–Kier alpha value is -2.32. The number of hydrogen-bond acceptors (Lipinski definition) is 10. The molecule has 0 radical (unpaired) electrons. The molecule has 0 aromatic carbocycles. The monoisotopic (exact) mass is 549 g/mol. The van der Waals surface area contributed by atoms with Crippen LogP contribution in [0.3, 0.4) is 0 Å². The number of aryl methyl sites for hydroxylation is 1. The Balaban J connectivity index is 1.55. The van der Waals surface area contributed by atoms with Gasteiger partial charge >= 0.3 is 0 Å². The van der Waals surface area contributed by atoms with E-state index in [1.54, 1.807) is 18.3 Å². The van der Waals surface area contributed by atoms with E-state index in [0.717, 1.165) is 17.3 Å². The van der Waals surface area contributed by atoms with Gasteiger partial charge in [0.15, 0.2) is 9.84 Å². The van der Waals surface area contributed by atoms with Crippen LogP contribution in [0.15, 0.2) is 28.0 Å². The van der Waals surface area contributed by atoms with Crippen LogP contribution in [0.5, 0.6) is 0 Å². The van der Waals surface area contributed by atoms with Crippen molar-refractivity contribution in [3.8, 4) is 0 Å². The molecule has 1 amide bonds. The number of fused-ring (bicyclic) bond motifs is 1. The summed E-state index contributed by atoms with van der Waals surface area (Å²) in [5.74, 6) is 0.0613. The molecule has 3 aliphatic heterocycles. The van der Waals surface area contributed by atoms with Crippen molar-refractivity contribution < 1.29 is 18.3 Å². The Bertz CT molecular complexity index is 1430. The highest BCUT2D eigenvalue weighted by molar-refractivity contribution is 8.26. The molecule has 0 bridgehead atoms. The molecule has 2 aromatic rings. The number of rotatable bonds is 5. The maximum absolute atomic E-state index is 13.7. The normalized spacial score (nSPS) is 23.9. The largest absolute Gasteiger partial charge is 0.395 e. The number of piperazine rings is 1. The van der Waals surface area contributed by atoms with E-state index in [9.17, 15) is 23.1 Å². The number of hydrogen-bond donors (Lipinski definition) is 1. The van der Waals surface area contributed by atoms with Gasteiger partial charge in [-0.3, -0.25) is 23.8 Å². The van der Waals surface area contributed by atoms with Crippen molar-refractivity contribution in [2.24, 2.45) is 0 Å². The van der Waals surface area contributed by atoms with Gasteiger partial charge in [-0.25, -0.2) is 13.4 Å². The third-order valence-corrected chi connectivity index (χ3v) is 9.83. The molecule has 2 aromatic heterocycles. The van der Waals surface area contributed by atoms with Gasteiger partial charge in [0, 0.05) is 38.9 Å². The summed E-state index contributed by atoms with van der Waals surface area (Å²) >= 11 is 6.53. The Morgan fingerprint density at radius 1 is 1.22 bits per heavy atom. The predicted molar refractivity (Wildman–Crippen MR) is 144 cm³/mol. The number of β-amino-alcohol motifs (C(OH)–C–C–N with tert-alkyl or cyclic N) is 1. The molecule has 36 heavy (non-hydrogen) atoms. The summed E-state index contributed by atoms with van der Waals surface area (Å²) in [6.07, 6.45) is 3.63. The van der Waals surface area contributed by atoms with Crippen molar-refractivity contribution in [3.05, 3.63) is 44.7 Å². The fourth-order valence-corrected chi connectivity index (χ4v) is 7.93. The quantitative estimate of drug-likeness (QED) is 0.418. The molecule has 5 rings (SSSR count). The van der Waals surface area contributed by atoms with Crippen molar-refractivity contribution in [1.82, 2.24) is 19.2 Å². The lowest BCUT2D eigenvalue weighted by atomic mass is 10.2. The SMILES string of the molecule is Cc1ccc2nc(N3CCN(CCO)CC3)c(/C=C3/SC(=S)N(C4CCS(=O)(=O)C4)C3=O)c(=O)n2c1. The van der Waals surface area contributed by atoms with Crippen molar-refractivity contribution in [1.29, 1.82) is 0 Å². The average Bonchev–Trinajstić information content (AvgIpc) is 3.33. The van der Waals surface area contributed by atoms with E-state index in [0.29, 0.717) is 60.5 Å². The van der Waals surface area contributed by atoms with Gasteiger partial charge in [0.2, 0.25) is 0 Å². The van der Waals surface area contributed by atoms with E-state index in [4.69, 9.17) is 17.2 Å². The summed E-state index contributed by atoms with van der Waals surface area (Å²) in [6.45, 7) is 5.24. The van der Waals surface area contributed by atoms with Crippen LogP contribution in [0.2, 0.25) is 0 Å². The van der Waals surface area contributed by atoms with E-state index in [2.05, 4.69) is 4.90 Å². The molecule has 3 saturated heterocycles. The Kier molecular flexibility index (Phi) is 6.94. The molecule has 13 heteroatoms. The third kappa shape index (κ3) is 4.82. The highest BCUT2D eigenvalue weighted by Crippen LogP contribution is 2.37. The first-order chi connectivity index (χ1) is 17.2. The van der Waals surface area contributed by atoms with E-state index >= 15 is 0 Å². The van der Waals surface area contributed by atoms with Gasteiger partial charge in [0.1, 0.15) is 15.8 Å². The van der Waals surface area contributed by atoms with Gasteiger partial charge in [-0.15, -0.1) is 0 Å². The summed E-state index contributed by atoms with van der Waals surface area (Å²) in [4.78, 5) is 37.7. The van der Waals surface area contributed by atoms with Crippen LogP contribution in [0, 0.1) is 6.92 Å². The fourth-order valence-electron chi connectivity index (χ4n) is 4.84. The molecule has 5 heterocycles. The zero-order chi connectivity index (χ0) is 25.6. The Morgan fingerprint density at radius 3 is 2.64 bits per heavy atom.